The second-order valence-corrected chi connectivity index (χ2v) is 4.82. The summed E-state index contributed by atoms with van der Waals surface area (Å²) in [6.07, 6.45) is -0.327. The first-order valence-electron chi connectivity index (χ1n) is 6.25. The highest BCUT2D eigenvalue weighted by Gasteiger charge is 2.29. The van der Waals surface area contributed by atoms with E-state index in [2.05, 4.69) is 4.98 Å². The highest BCUT2D eigenvalue weighted by atomic mass is 16.5. The number of methoxy groups -OCH3 is 1. The number of hydrogen-bond acceptors (Lipinski definition) is 5. The molecular weight excluding hydrogens is 244 g/mol. The van der Waals surface area contributed by atoms with Crippen molar-refractivity contribution in [3.05, 3.63) is 29.5 Å². The molecule has 5 nitrogen and oxygen atoms in total. The molecule has 2 atom stereocenters. The molecule has 4 N–H and O–H groups in total. The Labute approximate surface area is 110 Å². The van der Waals surface area contributed by atoms with Gasteiger partial charge in [-0.25, -0.2) is 4.98 Å². The number of aliphatic hydroxyl groups excluding tert-OH is 2. The van der Waals surface area contributed by atoms with Crippen LogP contribution in [-0.2, 0) is 0 Å². The van der Waals surface area contributed by atoms with E-state index in [0.29, 0.717) is 41.1 Å². The second kappa shape index (κ2) is 4.36. The van der Waals surface area contributed by atoms with Crippen LogP contribution in [0.2, 0.25) is 0 Å². The first-order chi connectivity index (χ1) is 9.11. The topological polar surface area (TPSA) is 88.6 Å². The third-order valence-corrected chi connectivity index (χ3v) is 3.66. The SMILES string of the molecule is COc1ccc2c(N)c3c(nc2c1)C(O)CCC3O. The van der Waals surface area contributed by atoms with E-state index < -0.39 is 12.2 Å². The zero-order valence-electron chi connectivity index (χ0n) is 10.6. The molecule has 1 aliphatic carbocycles. The van der Waals surface area contributed by atoms with E-state index in [-0.39, 0.29) is 0 Å². The van der Waals surface area contributed by atoms with Gasteiger partial charge in [0.25, 0.3) is 0 Å². The molecule has 1 aliphatic rings. The molecule has 0 amide bonds. The molecule has 1 aromatic heterocycles. The first-order valence-corrected chi connectivity index (χ1v) is 6.25. The fourth-order valence-corrected chi connectivity index (χ4v) is 2.63. The summed E-state index contributed by atoms with van der Waals surface area (Å²) < 4.78 is 5.16. The molecule has 0 spiro atoms. The third-order valence-electron chi connectivity index (χ3n) is 3.66. The summed E-state index contributed by atoms with van der Waals surface area (Å²) >= 11 is 0. The van der Waals surface area contributed by atoms with Gasteiger partial charge in [0.2, 0.25) is 0 Å². The second-order valence-electron chi connectivity index (χ2n) is 4.82. The summed E-state index contributed by atoms with van der Waals surface area (Å²) in [4.78, 5) is 4.45. The number of aliphatic hydroxyl groups is 2. The Morgan fingerprint density at radius 3 is 2.74 bits per heavy atom. The Hall–Kier alpha value is -1.85. The third kappa shape index (κ3) is 1.82. The zero-order valence-corrected chi connectivity index (χ0v) is 10.6. The average molecular weight is 260 g/mol. The summed E-state index contributed by atoms with van der Waals surface area (Å²) in [7, 11) is 1.58. The van der Waals surface area contributed by atoms with Crippen LogP contribution in [0.3, 0.4) is 0 Å². The van der Waals surface area contributed by atoms with Gasteiger partial charge in [0, 0.05) is 22.7 Å². The van der Waals surface area contributed by atoms with E-state index in [9.17, 15) is 10.2 Å². The minimum atomic E-state index is -0.670. The van der Waals surface area contributed by atoms with Crippen LogP contribution in [0.15, 0.2) is 18.2 Å². The molecule has 2 aromatic rings. The molecule has 100 valence electrons. The van der Waals surface area contributed by atoms with Crippen molar-refractivity contribution in [2.75, 3.05) is 12.8 Å². The normalized spacial score (nSPS) is 22.3. The van der Waals surface area contributed by atoms with Gasteiger partial charge in [-0.1, -0.05) is 0 Å². The predicted octanol–water partition coefficient (Wildman–Crippen LogP) is 1.69. The van der Waals surface area contributed by atoms with Gasteiger partial charge in [-0.2, -0.15) is 0 Å². The number of nitrogen functional groups attached to an aromatic ring is 1. The van der Waals surface area contributed by atoms with Gasteiger partial charge in [-0.15, -0.1) is 0 Å². The van der Waals surface area contributed by atoms with Gasteiger partial charge >= 0.3 is 0 Å². The Bertz CT molecular complexity index is 642. The van der Waals surface area contributed by atoms with Crippen LogP contribution in [0, 0.1) is 0 Å². The molecule has 3 rings (SSSR count). The van der Waals surface area contributed by atoms with E-state index in [1.165, 1.54) is 0 Å². The molecule has 5 heteroatoms. The van der Waals surface area contributed by atoms with Gasteiger partial charge in [0.05, 0.1) is 30.5 Å². The van der Waals surface area contributed by atoms with Crippen molar-refractivity contribution in [3.8, 4) is 5.75 Å². The number of rotatable bonds is 1. The van der Waals surface area contributed by atoms with Crippen molar-refractivity contribution in [2.45, 2.75) is 25.0 Å². The number of hydrogen-bond donors (Lipinski definition) is 3. The largest absolute Gasteiger partial charge is 0.497 e. The minimum Gasteiger partial charge on any atom is -0.497 e. The van der Waals surface area contributed by atoms with E-state index in [0.717, 1.165) is 5.39 Å². The van der Waals surface area contributed by atoms with Gasteiger partial charge < -0.3 is 20.7 Å². The maximum Gasteiger partial charge on any atom is 0.121 e. The van der Waals surface area contributed by atoms with Crippen molar-refractivity contribution in [1.82, 2.24) is 4.98 Å². The van der Waals surface area contributed by atoms with Gasteiger partial charge in [-0.05, 0) is 25.0 Å². The van der Waals surface area contributed by atoms with Crippen molar-refractivity contribution in [1.29, 1.82) is 0 Å². The van der Waals surface area contributed by atoms with Crippen LogP contribution in [0.1, 0.15) is 36.3 Å². The maximum absolute atomic E-state index is 10.1. The number of nitrogens with two attached hydrogens (primary N) is 1. The fraction of sp³-hybridized carbons (Fsp3) is 0.357. The van der Waals surface area contributed by atoms with Crippen LogP contribution in [0.5, 0.6) is 5.75 Å². The number of aromatic nitrogens is 1. The number of fused-ring (bicyclic) bond motifs is 2. The standard InChI is InChI=1S/C14H16N2O3/c1-19-7-2-3-8-9(6-7)16-14-11(18)5-4-10(17)12(14)13(8)15/h2-3,6,10-11,17-18H,4-5H2,1H3,(H2,15,16). The van der Waals surface area contributed by atoms with Crippen LogP contribution in [0.25, 0.3) is 10.9 Å². The number of ether oxygens (including phenoxy) is 1. The molecule has 0 saturated carbocycles. The van der Waals surface area contributed by atoms with E-state index in [1.54, 1.807) is 19.2 Å². The van der Waals surface area contributed by atoms with Crippen LogP contribution >= 0.6 is 0 Å². The monoisotopic (exact) mass is 260 g/mol. The Morgan fingerprint density at radius 1 is 1.26 bits per heavy atom. The zero-order chi connectivity index (χ0) is 13.6. The Kier molecular flexibility index (Phi) is 2.80. The average Bonchev–Trinajstić information content (AvgIpc) is 2.42. The van der Waals surface area contributed by atoms with Crippen LogP contribution in [-0.4, -0.2) is 22.3 Å². The molecule has 0 bridgehead atoms. The van der Waals surface area contributed by atoms with Gasteiger partial charge in [0.1, 0.15) is 5.75 Å². The van der Waals surface area contributed by atoms with Crippen LogP contribution < -0.4 is 10.5 Å². The van der Waals surface area contributed by atoms with Gasteiger partial charge in [-0.3, -0.25) is 0 Å². The summed E-state index contributed by atoms with van der Waals surface area (Å²) in [6.45, 7) is 0. The number of benzene rings is 1. The minimum absolute atomic E-state index is 0.483. The van der Waals surface area contributed by atoms with E-state index >= 15 is 0 Å². The summed E-state index contributed by atoms with van der Waals surface area (Å²) in [6, 6.07) is 5.41. The number of anilines is 1. The van der Waals surface area contributed by atoms with Crippen LogP contribution in [0.4, 0.5) is 5.69 Å². The summed E-state index contributed by atoms with van der Waals surface area (Å²) in [5.74, 6) is 0.685. The number of pyridine rings is 1. The van der Waals surface area contributed by atoms with Crippen molar-refractivity contribution in [2.24, 2.45) is 0 Å². The number of nitrogens with zero attached hydrogens (tertiary/aromatic N) is 1. The lowest BCUT2D eigenvalue weighted by atomic mass is 9.89. The van der Waals surface area contributed by atoms with Crippen molar-refractivity contribution in [3.63, 3.8) is 0 Å². The molecule has 19 heavy (non-hydrogen) atoms. The summed E-state index contributed by atoms with van der Waals surface area (Å²) in [5, 5.41) is 20.9. The van der Waals surface area contributed by atoms with E-state index in [1.807, 2.05) is 6.07 Å². The molecule has 0 aliphatic heterocycles. The predicted molar refractivity (Wildman–Crippen MR) is 71.9 cm³/mol. The van der Waals surface area contributed by atoms with Gasteiger partial charge in [0.15, 0.2) is 0 Å². The quantitative estimate of drug-likeness (QED) is 0.726. The Morgan fingerprint density at radius 2 is 2.00 bits per heavy atom. The molecule has 2 unspecified atom stereocenters. The lowest BCUT2D eigenvalue weighted by Gasteiger charge is -2.26. The highest BCUT2D eigenvalue weighted by molar-refractivity contribution is 5.93. The molecular formula is C14H16N2O3. The van der Waals surface area contributed by atoms with E-state index in [4.69, 9.17) is 10.5 Å². The first kappa shape index (κ1) is 12.2. The highest BCUT2D eigenvalue weighted by Crippen LogP contribution is 2.41. The smallest absolute Gasteiger partial charge is 0.121 e. The molecule has 0 radical (unpaired) electrons. The van der Waals surface area contributed by atoms with Crippen molar-refractivity contribution >= 4 is 16.6 Å². The van der Waals surface area contributed by atoms with Crippen molar-refractivity contribution < 1.29 is 14.9 Å². The summed E-state index contributed by atoms with van der Waals surface area (Å²) in [5.41, 5.74) is 8.35. The Balaban J connectivity index is 2.31. The lowest BCUT2D eigenvalue weighted by Crippen LogP contribution is -2.18. The maximum atomic E-state index is 10.1. The molecule has 1 heterocycles. The molecule has 0 fully saturated rings. The lowest BCUT2D eigenvalue weighted by molar-refractivity contribution is 0.0884. The molecule has 0 saturated heterocycles. The fourth-order valence-electron chi connectivity index (χ4n) is 2.63. The molecule has 1 aromatic carbocycles.